The van der Waals surface area contributed by atoms with Crippen LogP contribution in [-0.4, -0.2) is 0 Å². The molecule has 0 aromatic heterocycles. The van der Waals surface area contributed by atoms with Gasteiger partial charge in [0.25, 0.3) is 0 Å². The molecule has 1 aliphatic rings. The van der Waals surface area contributed by atoms with Crippen molar-refractivity contribution in [1.29, 1.82) is 0 Å². The molecule has 0 bridgehead atoms. The molecule has 8 aromatic rings. The highest BCUT2D eigenvalue weighted by Gasteiger charge is 2.39. The van der Waals surface area contributed by atoms with Crippen LogP contribution in [0.1, 0.15) is 101 Å². The van der Waals surface area contributed by atoms with Crippen molar-refractivity contribution in [1.82, 2.24) is 0 Å². The van der Waals surface area contributed by atoms with Crippen LogP contribution >= 0.6 is 0 Å². The zero-order valence-electron chi connectivity index (χ0n) is 31.9. The van der Waals surface area contributed by atoms with Gasteiger partial charge in [-0.1, -0.05) is 177 Å². The summed E-state index contributed by atoms with van der Waals surface area (Å²) >= 11 is 0. The van der Waals surface area contributed by atoms with Gasteiger partial charge in [0.05, 0.1) is 0 Å². The summed E-state index contributed by atoms with van der Waals surface area (Å²) in [5.74, 6) is 1.36. The third-order valence-corrected chi connectivity index (χ3v) is 12.2. The first-order chi connectivity index (χ1) is 25.1. The lowest BCUT2D eigenvalue weighted by Gasteiger charge is -2.26. The van der Waals surface area contributed by atoms with Crippen LogP contribution in [-0.2, 0) is 5.41 Å². The monoisotopic (exact) mass is 672 g/mol. The molecule has 0 nitrogen and oxygen atoms in total. The number of rotatable bonds is 5. The van der Waals surface area contributed by atoms with Crippen LogP contribution in [0.5, 0.6) is 0 Å². The molecule has 9 rings (SSSR count). The average Bonchev–Trinajstić information content (AvgIpc) is 3.39. The van der Waals surface area contributed by atoms with E-state index in [0.717, 1.165) is 0 Å². The minimum Gasteiger partial charge on any atom is -0.0616 e. The van der Waals surface area contributed by atoms with Gasteiger partial charge in [0.15, 0.2) is 0 Å². The van der Waals surface area contributed by atoms with E-state index in [1.807, 2.05) is 0 Å². The summed E-state index contributed by atoms with van der Waals surface area (Å²) in [5.41, 5.74) is 15.1. The van der Waals surface area contributed by atoms with E-state index in [0.29, 0.717) is 17.8 Å². The summed E-state index contributed by atoms with van der Waals surface area (Å²) in [6.45, 7) is 18.7. The summed E-state index contributed by atoms with van der Waals surface area (Å²) in [6, 6.07) is 49.2. The van der Waals surface area contributed by atoms with Crippen LogP contribution in [0.4, 0.5) is 0 Å². The number of fused-ring (bicyclic) bond motifs is 8. The maximum Gasteiger partial charge on any atom is 0.0161 e. The Morgan fingerprint density at radius 1 is 0.385 bits per heavy atom. The Labute approximate surface area is 309 Å². The van der Waals surface area contributed by atoms with Gasteiger partial charge in [-0.05, 0) is 128 Å². The van der Waals surface area contributed by atoms with Gasteiger partial charge in [-0.3, -0.25) is 0 Å². The second kappa shape index (κ2) is 11.9. The average molecular weight is 673 g/mol. The molecule has 0 amide bonds. The molecule has 0 spiro atoms. The fraction of sp³-hybridized carbons (Fsp3) is 0.231. The van der Waals surface area contributed by atoms with E-state index >= 15 is 0 Å². The molecule has 0 unspecified atom stereocenters. The van der Waals surface area contributed by atoms with E-state index in [1.165, 1.54) is 104 Å². The Balaban J connectivity index is 1.43. The van der Waals surface area contributed by atoms with Gasteiger partial charge in [0, 0.05) is 5.41 Å². The zero-order chi connectivity index (χ0) is 36.1. The fourth-order valence-electron chi connectivity index (χ4n) is 9.50. The molecule has 0 heterocycles. The SMILES string of the molecule is CC(C)c1ccc2c(c1)cc(-c1c3ccccc3c(-c3cccc4c3-c3cccc(C(C)C)c3C4(C)C)c3ccccc13)c1cc(C(C)C)ccc12. The minimum atomic E-state index is -0.0833. The molecule has 0 fully saturated rings. The standard InChI is InChI=1S/C52H48/c1-30(2)33-23-25-37-35(27-33)29-46(45-28-34(31(3)4)24-26-38(37)45)49-41-17-11-9-15-39(41)48(40-16-10-12-18-42(40)49)43-20-14-22-47-50(43)44-21-13-19-36(32(5)6)51(44)52(47,7)8/h9-32H,1-8H3. The Bertz CT molecular complexity index is 2680. The Morgan fingerprint density at radius 3 is 1.52 bits per heavy atom. The van der Waals surface area contributed by atoms with E-state index in [4.69, 9.17) is 0 Å². The predicted octanol–water partition coefficient (Wildman–Crippen LogP) is 15.3. The third-order valence-electron chi connectivity index (χ3n) is 12.2. The lowest BCUT2D eigenvalue weighted by Crippen LogP contribution is -2.17. The second-order valence-electron chi connectivity index (χ2n) is 16.6. The molecule has 1 aliphatic carbocycles. The van der Waals surface area contributed by atoms with E-state index in [-0.39, 0.29) is 5.41 Å². The van der Waals surface area contributed by atoms with Crippen molar-refractivity contribution in [3.8, 4) is 33.4 Å². The van der Waals surface area contributed by atoms with Gasteiger partial charge in [0.1, 0.15) is 0 Å². The molecule has 0 aliphatic heterocycles. The summed E-state index contributed by atoms with van der Waals surface area (Å²) < 4.78 is 0. The summed E-state index contributed by atoms with van der Waals surface area (Å²) in [5, 5.41) is 10.5. The summed E-state index contributed by atoms with van der Waals surface area (Å²) in [6.07, 6.45) is 0. The lowest BCUT2D eigenvalue weighted by atomic mass is 9.77. The van der Waals surface area contributed by atoms with Gasteiger partial charge >= 0.3 is 0 Å². The van der Waals surface area contributed by atoms with Crippen LogP contribution in [0.15, 0.2) is 127 Å². The van der Waals surface area contributed by atoms with Crippen LogP contribution in [0.2, 0.25) is 0 Å². The van der Waals surface area contributed by atoms with Crippen molar-refractivity contribution in [3.05, 3.63) is 155 Å². The van der Waals surface area contributed by atoms with E-state index in [1.54, 1.807) is 0 Å². The molecule has 0 atom stereocenters. The van der Waals surface area contributed by atoms with Crippen molar-refractivity contribution in [2.24, 2.45) is 0 Å². The first kappa shape index (κ1) is 32.7. The molecular formula is C52H48. The van der Waals surface area contributed by atoms with Crippen LogP contribution in [0.3, 0.4) is 0 Å². The van der Waals surface area contributed by atoms with E-state index in [2.05, 4.69) is 183 Å². The zero-order valence-corrected chi connectivity index (χ0v) is 31.9. The van der Waals surface area contributed by atoms with Crippen molar-refractivity contribution >= 4 is 43.1 Å². The lowest BCUT2D eigenvalue weighted by molar-refractivity contribution is 0.642. The van der Waals surface area contributed by atoms with Crippen molar-refractivity contribution in [2.75, 3.05) is 0 Å². The first-order valence-corrected chi connectivity index (χ1v) is 19.3. The van der Waals surface area contributed by atoms with Gasteiger partial charge in [-0.15, -0.1) is 0 Å². The Kier molecular flexibility index (Phi) is 7.50. The van der Waals surface area contributed by atoms with Gasteiger partial charge < -0.3 is 0 Å². The highest BCUT2D eigenvalue weighted by atomic mass is 14.4. The minimum absolute atomic E-state index is 0.0833. The van der Waals surface area contributed by atoms with Crippen molar-refractivity contribution < 1.29 is 0 Å². The number of hydrogen-bond donors (Lipinski definition) is 0. The molecule has 8 aromatic carbocycles. The molecule has 0 heteroatoms. The van der Waals surface area contributed by atoms with Crippen molar-refractivity contribution in [2.45, 2.75) is 78.6 Å². The maximum absolute atomic E-state index is 2.49. The molecule has 0 saturated carbocycles. The largest absolute Gasteiger partial charge is 0.0616 e. The smallest absolute Gasteiger partial charge is 0.0161 e. The summed E-state index contributed by atoms with van der Waals surface area (Å²) in [7, 11) is 0. The van der Waals surface area contributed by atoms with Crippen LogP contribution < -0.4 is 0 Å². The van der Waals surface area contributed by atoms with Gasteiger partial charge in [-0.25, -0.2) is 0 Å². The van der Waals surface area contributed by atoms with Crippen molar-refractivity contribution in [3.63, 3.8) is 0 Å². The number of hydrogen-bond acceptors (Lipinski definition) is 0. The maximum atomic E-state index is 2.49. The fourth-order valence-corrected chi connectivity index (χ4v) is 9.50. The highest BCUT2D eigenvalue weighted by Crippen LogP contribution is 2.56. The predicted molar refractivity (Wildman–Crippen MR) is 227 cm³/mol. The Hall–Kier alpha value is -5.20. The van der Waals surface area contributed by atoms with Gasteiger partial charge in [0.2, 0.25) is 0 Å². The quantitative estimate of drug-likeness (QED) is 0.126. The van der Waals surface area contributed by atoms with Crippen LogP contribution in [0.25, 0.3) is 76.5 Å². The Morgan fingerprint density at radius 2 is 0.923 bits per heavy atom. The molecular weight excluding hydrogens is 625 g/mol. The molecule has 0 N–H and O–H groups in total. The highest BCUT2D eigenvalue weighted by molar-refractivity contribution is 6.26. The van der Waals surface area contributed by atoms with Crippen LogP contribution in [0, 0.1) is 0 Å². The first-order valence-electron chi connectivity index (χ1n) is 19.3. The summed E-state index contributed by atoms with van der Waals surface area (Å²) in [4.78, 5) is 0. The normalized spacial score (nSPS) is 13.7. The third kappa shape index (κ3) is 4.73. The topological polar surface area (TPSA) is 0 Å². The van der Waals surface area contributed by atoms with Gasteiger partial charge in [-0.2, -0.15) is 0 Å². The molecule has 52 heavy (non-hydrogen) atoms. The molecule has 0 saturated heterocycles. The van der Waals surface area contributed by atoms with E-state index < -0.39 is 0 Å². The second-order valence-corrected chi connectivity index (χ2v) is 16.6. The number of benzene rings is 8. The van der Waals surface area contributed by atoms with E-state index in [9.17, 15) is 0 Å². The molecule has 0 radical (unpaired) electrons. The molecule has 256 valence electrons.